The summed E-state index contributed by atoms with van der Waals surface area (Å²) in [4.78, 5) is 43.1. The van der Waals surface area contributed by atoms with E-state index in [1.165, 1.54) is 47.2 Å². The molecule has 0 bridgehead atoms. The molecule has 4 rings (SSSR count). The van der Waals surface area contributed by atoms with Crippen molar-refractivity contribution in [3.05, 3.63) is 60.9 Å². The summed E-state index contributed by atoms with van der Waals surface area (Å²) in [6.45, 7) is 1.78. The Bertz CT molecular complexity index is 1510. The summed E-state index contributed by atoms with van der Waals surface area (Å²) >= 11 is 2.43. The van der Waals surface area contributed by atoms with Gasteiger partial charge in [-0.1, -0.05) is 0 Å². The molecule has 0 saturated carbocycles. The second-order valence-electron chi connectivity index (χ2n) is 7.36. The van der Waals surface area contributed by atoms with Gasteiger partial charge in [-0.2, -0.15) is 0 Å². The Labute approximate surface area is 197 Å². The highest BCUT2D eigenvalue weighted by atomic mass is 32.1. The molecule has 1 amide bonds. The van der Waals surface area contributed by atoms with Gasteiger partial charge in [-0.25, -0.2) is 9.78 Å². The summed E-state index contributed by atoms with van der Waals surface area (Å²) in [5.74, 6) is -0.740. The molecule has 0 unspecified atom stereocenters. The van der Waals surface area contributed by atoms with Gasteiger partial charge in [0.1, 0.15) is 10.6 Å². The molecule has 4 aromatic rings. The van der Waals surface area contributed by atoms with Crippen molar-refractivity contribution in [2.45, 2.75) is 19.7 Å². The topological polar surface area (TPSA) is 95.2 Å². The van der Waals surface area contributed by atoms with E-state index in [0.29, 0.717) is 32.2 Å². The fraction of sp³-hybridized carbons (Fsp3) is 0.238. The van der Waals surface area contributed by atoms with Crippen LogP contribution in [0.1, 0.15) is 10.4 Å². The predicted molar refractivity (Wildman–Crippen MR) is 124 cm³/mol. The Morgan fingerprint density at radius 2 is 1.82 bits per heavy atom. The van der Waals surface area contributed by atoms with Gasteiger partial charge < -0.3 is 10.1 Å². The first-order valence-corrected chi connectivity index (χ1v) is 11.4. The Morgan fingerprint density at radius 1 is 1.15 bits per heavy atom. The molecular weight excluding hydrogens is 493 g/mol. The van der Waals surface area contributed by atoms with Crippen molar-refractivity contribution < 1.29 is 22.7 Å². The molecule has 0 saturated heterocycles. The lowest BCUT2D eigenvalue weighted by atomic mass is 10.1. The van der Waals surface area contributed by atoms with Crippen LogP contribution in [-0.4, -0.2) is 26.4 Å². The number of rotatable bonds is 5. The fourth-order valence-corrected chi connectivity index (χ4v) is 5.26. The number of amides is 1. The minimum atomic E-state index is -4.77. The van der Waals surface area contributed by atoms with E-state index < -0.39 is 23.5 Å². The first-order valence-electron chi connectivity index (χ1n) is 9.74. The number of alkyl halides is 3. The van der Waals surface area contributed by atoms with Gasteiger partial charge in [0.2, 0.25) is 5.91 Å². The predicted octanol–water partition coefficient (Wildman–Crippen LogP) is 3.81. The number of hydrogen-bond donors (Lipinski definition) is 1. The molecule has 34 heavy (non-hydrogen) atoms. The van der Waals surface area contributed by atoms with E-state index in [4.69, 9.17) is 0 Å². The summed E-state index contributed by atoms with van der Waals surface area (Å²) < 4.78 is 43.2. The minimum absolute atomic E-state index is 0.0856. The number of nitrogens with zero attached hydrogens (tertiary/aromatic N) is 3. The smallest absolute Gasteiger partial charge is 0.406 e. The number of halogens is 3. The third-order valence-electron chi connectivity index (χ3n) is 5.06. The highest BCUT2D eigenvalue weighted by molar-refractivity contribution is 7.18. The van der Waals surface area contributed by atoms with Crippen LogP contribution in [0.5, 0.6) is 5.75 Å². The van der Waals surface area contributed by atoms with Crippen LogP contribution in [0.4, 0.5) is 18.3 Å². The molecule has 0 aliphatic rings. The van der Waals surface area contributed by atoms with Crippen molar-refractivity contribution in [3.63, 3.8) is 0 Å². The van der Waals surface area contributed by atoms with Crippen molar-refractivity contribution in [3.8, 4) is 17.0 Å². The highest BCUT2D eigenvalue weighted by Gasteiger charge is 2.31. The van der Waals surface area contributed by atoms with E-state index in [2.05, 4.69) is 15.0 Å². The monoisotopic (exact) mass is 510 g/mol. The van der Waals surface area contributed by atoms with Gasteiger partial charge in [0, 0.05) is 29.9 Å². The first kappa shape index (κ1) is 23.7. The van der Waals surface area contributed by atoms with Gasteiger partial charge in [0.15, 0.2) is 5.13 Å². The molecule has 0 fully saturated rings. The molecule has 0 radical (unpaired) electrons. The van der Waals surface area contributed by atoms with Crippen LogP contribution in [0.25, 0.3) is 21.5 Å². The second kappa shape index (κ2) is 8.72. The molecule has 0 atom stereocenters. The Morgan fingerprint density at radius 3 is 2.47 bits per heavy atom. The normalized spacial score (nSPS) is 11.7. The van der Waals surface area contributed by atoms with Gasteiger partial charge in [-0.3, -0.25) is 18.7 Å². The number of nitrogens with one attached hydrogen (secondary N) is 1. The Balaban J connectivity index is 1.52. The number of carbonyl (C=O) groups excluding carboxylic acids is 1. The summed E-state index contributed by atoms with van der Waals surface area (Å²) in [6.07, 6.45) is -4.86. The average Bonchev–Trinajstić information content (AvgIpc) is 3.35. The van der Waals surface area contributed by atoms with Crippen molar-refractivity contribution in [1.29, 1.82) is 0 Å². The number of hydrogen-bond acceptors (Lipinski definition) is 7. The van der Waals surface area contributed by atoms with Crippen molar-refractivity contribution in [2.75, 3.05) is 5.32 Å². The number of aryl methyl sites for hydroxylation is 2. The summed E-state index contributed by atoms with van der Waals surface area (Å²) in [7, 11) is 2.96. The number of fused-ring (bicyclic) bond motifs is 1. The summed E-state index contributed by atoms with van der Waals surface area (Å²) in [5.41, 5.74) is 0.670. The maximum atomic E-state index is 12.7. The molecule has 0 aliphatic carbocycles. The third-order valence-corrected chi connectivity index (χ3v) is 7.04. The van der Waals surface area contributed by atoms with Crippen LogP contribution < -0.4 is 21.3 Å². The van der Waals surface area contributed by atoms with Crippen LogP contribution in [-0.2, 0) is 25.3 Å². The maximum Gasteiger partial charge on any atom is 0.573 e. The molecule has 13 heteroatoms. The van der Waals surface area contributed by atoms with E-state index in [1.807, 2.05) is 0 Å². The Kier molecular flexibility index (Phi) is 6.08. The van der Waals surface area contributed by atoms with Gasteiger partial charge in [0.25, 0.3) is 5.56 Å². The quantitative estimate of drug-likeness (QED) is 0.441. The minimum Gasteiger partial charge on any atom is -0.406 e. The van der Waals surface area contributed by atoms with Crippen LogP contribution >= 0.6 is 22.7 Å². The third kappa shape index (κ3) is 4.61. The lowest BCUT2D eigenvalue weighted by Gasteiger charge is -2.08. The molecule has 3 heterocycles. The molecule has 1 aromatic carbocycles. The lowest BCUT2D eigenvalue weighted by Crippen LogP contribution is -2.36. The zero-order chi connectivity index (χ0) is 24.8. The fourth-order valence-electron chi connectivity index (χ4n) is 3.41. The van der Waals surface area contributed by atoms with Crippen LogP contribution in [0, 0.1) is 6.92 Å². The van der Waals surface area contributed by atoms with Gasteiger partial charge >= 0.3 is 12.1 Å². The Hall–Kier alpha value is -3.45. The van der Waals surface area contributed by atoms with E-state index in [-0.39, 0.29) is 12.2 Å². The number of carbonyl (C=O) groups is 1. The van der Waals surface area contributed by atoms with Gasteiger partial charge in [-0.15, -0.1) is 35.8 Å². The molecule has 178 valence electrons. The average molecular weight is 511 g/mol. The number of benzene rings is 1. The van der Waals surface area contributed by atoms with Crippen molar-refractivity contribution >= 4 is 43.9 Å². The van der Waals surface area contributed by atoms with Crippen LogP contribution in [0.3, 0.4) is 0 Å². The molecule has 8 nitrogen and oxygen atoms in total. The van der Waals surface area contributed by atoms with Crippen molar-refractivity contribution in [2.24, 2.45) is 14.1 Å². The van der Waals surface area contributed by atoms with E-state index in [0.717, 1.165) is 20.8 Å². The number of thiazole rings is 1. The SMILES string of the molecule is Cc1sc2c(c1CC(=O)Nc1nc(-c3ccc(OC(F)(F)F)cc3)cs1)c(=O)n(C)c(=O)n2C. The van der Waals surface area contributed by atoms with Crippen LogP contribution in [0.2, 0.25) is 0 Å². The van der Waals surface area contributed by atoms with E-state index >= 15 is 0 Å². The molecular formula is C21H17F3N4O4S2. The number of anilines is 1. The second-order valence-corrected chi connectivity index (χ2v) is 9.42. The number of ether oxygens (including phenoxy) is 1. The molecule has 3 aromatic heterocycles. The first-order chi connectivity index (χ1) is 15.9. The molecule has 0 spiro atoms. The lowest BCUT2D eigenvalue weighted by molar-refractivity contribution is -0.274. The van der Waals surface area contributed by atoms with E-state index in [9.17, 15) is 27.6 Å². The van der Waals surface area contributed by atoms with Crippen molar-refractivity contribution in [1.82, 2.24) is 14.1 Å². The highest BCUT2D eigenvalue weighted by Crippen LogP contribution is 2.30. The summed E-state index contributed by atoms with van der Waals surface area (Å²) in [5, 5.41) is 4.98. The zero-order valence-electron chi connectivity index (χ0n) is 18.0. The van der Waals surface area contributed by atoms with E-state index in [1.54, 1.807) is 19.4 Å². The maximum absolute atomic E-state index is 12.7. The summed E-state index contributed by atoms with van der Waals surface area (Å²) in [6, 6.07) is 5.22. The molecule has 1 N–H and O–H groups in total. The van der Waals surface area contributed by atoms with Gasteiger partial charge in [-0.05, 0) is 36.8 Å². The van der Waals surface area contributed by atoms with Gasteiger partial charge in [0.05, 0.1) is 17.5 Å². The molecule has 0 aliphatic heterocycles. The standard InChI is InChI=1S/C21H17F3N4O4S2/c1-10-13(16-17(30)27(2)20(31)28(3)18(16)34-10)8-15(29)26-19-25-14(9-33-19)11-4-6-12(7-5-11)32-21(22,23)24/h4-7,9H,8H2,1-3H3,(H,25,26,29). The van der Waals surface area contributed by atoms with Crippen LogP contribution in [0.15, 0.2) is 39.2 Å². The number of aromatic nitrogens is 3. The number of thiophene rings is 1. The zero-order valence-corrected chi connectivity index (χ0v) is 19.7. The largest absolute Gasteiger partial charge is 0.573 e.